The second-order valence-electron chi connectivity index (χ2n) is 9.42. The van der Waals surface area contributed by atoms with Crippen LogP contribution in [0.15, 0.2) is 30.5 Å². The molecule has 1 aliphatic heterocycles. The van der Waals surface area contributed by atoms with E-state index in [1.54, 1.807) is 18.3 Å². The number of nitrogens with zero attached hydrogens (tertiary/aromatic N) is 1. The van der Waals surface area contributed by atoms with Crippen molar-refractivity contribution in [1.29, 1.82) is 0 Å². The molecule has 1 aliphatic rings. The summed E-state index contributed by atoms with van der Waals surface area (Å²) in [6.07, 6.45) is 1.33. The first-order valence-corrected chi connectivity index (χ1v) is 12.4. The molecule has 2 aromatic rings. The number of aliphatic carboxylic acids is 2. The number of H-pyrrole nitrogens is 1. The molecule has 14 heteroatoms. The fraction of sp³-hybridized carbons (Fsp3) is 0.440. The van der Waals surface area contributed by atoms with Gasteiger partial charge < -0.3 is 42.2 Å². The average Bonchev–Trinajstić information content (AvgIpc) is 3.53. The standard InChI is InChI=1S/C25H32N6O8/c26-15(7-8-20(27)32)24(37)31-9-3-6-19(31)23(36)29-17(11-21(33)34)22(35)30-18(25(38)39)10-13-12-28-16-5-2-1-4-14(13)16/h1-2,4-5,12,15,17-19,28H,3,6-11,26H2,(H2,27,32)(H,29,36)(H,30,35)(H,33,34)(H,38,39). The Morgan fingerprint density at radius 1 is 1.08 bits per heavy atom. The van der Waals surface area contributed by atoms with Gasteiger partial charge in [-0.3, -0.25) is 24.0 Å². The first-order valence-electron chi connectivity index (χ1n) is 12.4. The first kappa shape index (κ1) is 29.1. The number of nitrogens with one attached hydrogen (secondary N) is 3. The number of hydrogen-bond acceptors (Lipinski definition) is 7. The van der Waals surface area contributed by atoms with Crippen molar-refractivity contribution < 1.29 is 39.0 Å². The summed E-state index contributed by atoms with van der Waals surface area (Å²) >= 11 is 0. The van der Waals surface area contributed by atoms with Crippen LogP contribution in [0.3, 0.4) is 0 Å². The zero-order valence-electron chi connectivity index (χ0n) is 21.1. The molecule has 0 bridgehead atoms. The molecule has 1 fully saturated rings. The molecule has 3 rings (SSSR count). The van der Waals surface area contributed by atoms with Gasteiger partial charge in [-0.15, -0.1) is 0 Å². The molecular weight excluding hydrogens is 512 g/mol. The number of nitrogens with two attached hydrogens (primary N) is 2. The summed E-state index contributed by atoms with van der Waals surface area (Å²) in [6, 6.07) is 2.13. The number of carboxylic acids is 2. The van der Waals surface area contributed by atoms with Gasteiger partial charge in [0.05, 0.1) is 12.5 Å². The number of benzene rings is 1. The van der Waals surface area contributed by atoms with E-state index in [2.05, 4.69) is 15.6 Å². The Labute approximate surface area is 223 Å². The Morgan fingerprint density at radius 2 is 1.79 bits per heavy atom. The lowest BCUT2D eigenvalue weighted by atomic mass is 10.0. The van der Waals surface area contributed by atoms with Crippen molar-refractivity contribution in [2.75, 3.05) is 6.54 Å². The molecule has 14 nitrogen and oxygen atoms in total. The zero-order chi connectivity index (χ0) is 28.7. The Bertz CT molecular complexity index is 1260. The van der Waals surface area contributed by atoms with Crippen LogP contribution in [0.4, 0.5) is 0 Å². The van der Waals surface area contributed by atoms with Gasteiger partial charge in [0.2, 0.25) is 23.6 Å². The molecule has 0 saturated carbocycles. The second-order valence-corrected chi connectivity index (χ2v) is 9.42. The lowest BCUT2D eigenvalue weighted by molar-refractivity contribution is -0.144. The monoisotopic (exact) mass is 544 g/mol. The van der Waals surface area contributed by atoms with E-state index in [4.69, 9.17) is 11.5 Å². The third-order valence-corrected chi connectivity index (χ3v) is 6.58. The number of aromatic nitrogens is 1. The number of likely N-dealkylation sites (tertiary alicyclic amines) is 1. The van der Waals surface area contributed by atoms with E-state index in [0.29, 0.717) is 12.0 Å². The van der Waals surface area contributed by atoms with Crippen LogP contribution in [-0.2, 0) is 35.2 Å². The molecule has 1 saturated heterocycles. The van der Waals surface area contributed by atoms with E-state index >= 15 is 0 Å². The minimum atomic E-state index is -1.60. The summed E-state index contributed by atoms with van der Waals surface area (Å²) in [5, 5.41) is 24.5. The minimum absolute atomic E-state index is 0.00391. The van der Waals surface area contributed by atoms with Crippen molar-refractivity contribution in [1.82, 2.24) is 20.5 Å². The fourth-order valence-corrected chi connectivity index (χ4v) is 4.58. The van der Waals surface area contributed by atoms with E-state index in [9.17, 15) is 39.0 Å². The maximum Gasteiger partial charge on any atom is 0.326 e. The molecule has 2 heterocycles. The molecular formula is C25H32N6O8. The van der Waals surface area contributed by atoms with Crippen molar-refractivity contribution >= 4 is 46.5 Å². The van der Waals surface area contributed by atoms with Gasteiger partial charge >= 0.3 is 11.9 Å². The predicted molar refractivity (Wildman–Crippen MR) is 137 cm³/mol. The van der Waals surface area contributed by atoms with Crippen molar-refractivity contribution in [3.8, 4) is 0 Å². The Kier molecular flexibility index (Phi) is 9.60. The van der Waals surface area contributed by atoms with Crippen LogP contribution >= 0.6 is 0 Å². The highest BCUT2D eigenvalue weighted by atomic mass is 16.4. The van der Waals surface area contributed by atoms with Crippen LogP contribution in [0, 0.1) is 0 Å². The van der Waals surface area contributed by atoms with Crippen LogP contribution in [0.5, 0.6) is 0 Å². The van der Waals surface area contributed by atoms with Crippen LogP contribution in [0.25, 0.3) is 10.9 Å². The second kappa shape index (κ2) is 12.9. The number of fused-ring (bicyclic) bond motifs is 1. The van der Waals surface area contributed by atoms with E-state index < -0.39 is 66.2 Å². The highest BCUT2D eigenvalue weighted by Crippen LogP contribution is 2.21. The summed E-state index contributed by atoms with van der Waals surface area (Å²) < 4.78 is 0. The third kappa shape index (κ3) is 7.54. The molecule has 4 atom stereocenters. The number of hydrogen-bond donors (Lipinski definition) is 7. The van der Waals surface area contributed by atoms with E-state index in [1.807, 2.05) is 12.1 Å². The maximum atomic E-state index is 13.1. The molecule has 0 aliphatic carbocycles. The molecule has 9 N–H and O–H groups in total. The quantitative estimate of drug-likeness (QED) is 0.160. The van der Waals surface area contributed by atoms with Gasteiger partial charge in [0.1, 0.15) is 18.1 Å². The molecule has 1 aromatic heterocycles. The molecule has 210 valence electrons. The number of amides is 4. The van der Waals surface area contributed by atoms with Crippen molar-refractivity contribution in [3.63, 3.8) is 0 Å². The summed E-state index contributed by atoms with van der Waals surface area (Å²) in [4.78, 5) is 77.5. The van der Waals surface area contributed by atoms with Crippen LogP contribution in [-0.4, -0.2) is 86.4 Å². The summed E-state index contributed by atoms with van der Waals surface area (Å²) in [5.74, 6) is -5.70. The zero-order valence-corrected chi connectivity index (χ0v) is 21.1. The number of rotatable bonds is 13. The average molecular weight is 545 g/mol. The summed E-state index contributed by atoms with van der Waals surface area (Å²) in [6.45, 7) is 0.211. The number of primary amides is 1. The van der Waals surface area contributed by atoms with Gasteiger partial charge in [0, 0.05) is 36.5 Å². The summed E-state index contributed by atoms with van der Waals surface area (Å²) in [5.41, 5.74) is 12.4. The van der Waals surface area contributed by atoms with Gasteiger partial charge in [-0.2, -0.15) is 0 Å². The van der Waals surface area contributed by atoms with Crippen molar-refractivity contribution in [2.24, 2.45) is 11.5 Å². The summed E-state index contributed by atoms with van der Waals surface area (Å²) in [7, 11) is 0. The number of carbonyl (C=O) groups excluding carboxylic acids is 4. The Morgan fingerprint density at radius 3 is 2.46 bits per heavy atom. The molecule has 1 aromatic carbocycles. The van der Waals surface area contributed by atoms with Gasteiger partial charge in [-0.1, -0.05) is 18.2 Å². The predicted octanol–water partition coefficient (Wildman–Crippen LogP) is -1.18. The van der Waals surface area contributed by atoms with Crippen LogP contribution < -0.4 is 22.1 Å². The molecule has 4 amide bonds. The Balaban J connectivity index is 1.70. The van der Waals surface area contributed by atoms with Gasteiger partial charge in [-0.05, 0) is 30.9 Å². The maximum absolute atomic E-state index is 13.1. The lowest BCUT2D eigenvalue weighted by Crippen LogP contribution is -2.57. The van der Waals surface area contributed by atoms with Gasteiger partial charge in [0.15, 0.2) is 0 Å². The highest BCUT2D eigenvalue weighted by Gasteiger charge is 2.38. The highest BCUT2D eigenvalue weighted by molar-refractivity contribution is 5.96. The van der Waals surface area contributed by atoms with Crippen LogP contribution in [0.1, 0.15) is 37.7 Å². The van der Waals surface area contributed by atoms with Crippen molar-refractivity contribution in [2.45, 2.75) is 62.7 Å². The third-order valence-electron chi connectivity index (χ3n) is 6.58. The SMILES string of the molecule is NC(=O)CCC(N)C(=O)N1CCCC1C(=O)NC(CC(=O)O)C(=O)NC(Cc1c[nH]c2ccccc12)C(=O)O. The number of carboxylic acid groups (broad SMARTS) is 2. The largest absolute Gasteiger partial charge is 0.481 e. The topological polar surface area (TPSA) is 238 Å². The number of para-hydroxylation sites is 1. The van der Waals surface area contributed by atoms with E-state index in [0.717, 1.165) is 10.9 Å². The molecule has 0 spiro atoms. The first-order chi connectivity index (χ1) is 18.5. The van der Waals surface area contributed by atoms with Crippen LogP contribution in [0.2, 0.25) is 0 Å². The number of aromatic amines is 1. The lowest BCUT2D eigenvalue weighted by Gasteiger charge is -2.28. The van der Waals surface area contributed by atoms with Gasteiger partial charge in [-0.25, -0.2) is 4.79 Å². The molecule has 0 radical (unpaired) electrons. The molecule has 39 heavy (non-hydrogen) atoms. The number of carbonyl (C=O) groups is 6. The smallest absolute Gasteiger partial charge is 0.326 e. The normalized spacial score (nSPS) is 17.3. The van der Waals surface area contributed by atoms with Crippen molar-refractivity contribution in [3.05, 3.63) is 36.0 Å². The fourth-order valence-electron chi connectivity index (χ4n) is 4.58. The van der Waals surface area contributed by atoms with Gasteiger partial charge in [0.25, 0.3) is 0 Å². The Hall–Kier alpha value is -4.46. The minimum Gasteiger partial charge on any atom is -0.481 e. The van der Waals surface area contributed by atoms with E-state index in [1.165, 1.54) is 4.90 Å². The molecule has 4 unspecified atom stereocenters. The van der Waals surface area contributed by atoms with E-state index in [-0.39, 0.29) is 32.2 Å².